The molecule has 1 aliphatic rings. The third-order valence-electron chi connectivity index (χ3n) is 3.52. The first-order valence-electron chi connectivity index (χ1n) is 7.32. The minimum Gasteiger partial charge on any atom is -0.452 e. The largest absolute Gasteiger partial charge is 0.452 e. The highest BCUT2D eigenvalue weighted by Crippen LogP contribution is 2.17. The predicted molar refractivity (Wildman–Crippen MR) is 80.3 cm³/mol. The molecule has 1 aromatic heterocycles. The summed E-state index contributed by atoms with van der Waals surface area (Å²) in [6, 6.07) is 2.55. The smallest absolute Gasteiger partial charge is 0.433 e. The molecule has 1 fully saturated rings. The molecule has 23 heavy (non-hydrogen) atoms. The molecule has 1 saturated heterocycles. The Bertz CT molecular complexity index is 621. The van der Waals surface area contributed by atoms with Crippen LogP contribution in [0.15, 0.2) is 22.6 Å². The second kappa shape index (κ2) is 7.57. The van der Waals surface area contributed by atoms with Crippen LogP contribution in [0, 0.1) is 16.0 Å². The Hall–Kier alpha value is -2.64. The van der Waals surface area contributed by atoms with E-state index in [0.717, 1.165) is 18.9 Å². The van der Waals surface area contributed by atoms with Crippen molar-refractivity contribution >= 4 is 23.8 Å². The molecule has 2 heterocycles. The molecule has 8 nitrogen and oxygen atoms in total. The highest BCUT2D eigenvalue weighted by Gasteiger charge is 2.21. The van der Waals surface area contributed by atoms with E-state index in [1.807, 2.05) is 0 Å². The molecule has 0 aromatic carbocycles. The summed E-state index contributed by atoms with van der Waals surface area (Å²) in [5.74, 6) is -0.718. The molecule has 0 spiro atoms. The van der Waals surface area contributed by atoms with Gasteiger partial charge in [0.25, 0.3) is 5.91 Å². The lowest BCUT2D eigenvalue weighted by Gasteiger charge is -2.30. The van der Waals surface area contributed by atoms with Crippen molar-refractivity contribution in [2.24, 2.45) is 5.92 Å². The number of furan rings is 1. The van der Waals surface area contributed by atoms with Gasteiger partial charge >= 0.3 is 11.9 Å². The summed E-state index contributed by atoms with van der Waals surface area (Å²) >= 11 is 0. The van der Waals surface area contributed by atoms with Crippen molar-refractivity contribution < 1.29 is 23.7 Å². The summed E-state index contributed by atoms with van der Waals surface area (Å²) < 4.78 is 9.73. The lowest BCUT2D eigenvalue weighted by atomic mass is 10.0. The van der Waals surface area contributed by atoms with Crippen LogP contribution in [-0.4, -0.2) is 41.4 Å². The molecular formula is C15H18N2O6. The van der Waals surface area contributed by atoms with Crippen molar-refractivity contribution in [2.45, 2.75) is 19.8 Å². The van der Waals surface area contributed by atoms with Crippen LogP contribution in [0.1, 0.15) is 25.5 Å². The fourth-order valence-corrected chi connectivity index (χ4v) is 2.37. The fraction of sp³-hybridized carbons (Fsp3) is 0.467. The zero-order valence-corrected chi connectivity index (χ0v) is 12.8. The van der Waals surface area contributed by atoms with Crippen LogP contribution in [0.2, 0.25) is 0 Å². The van der Waals surface area contributed by atoms with Gasteiger partial charge in [0.2, 0.25) is 0 Å². The van der Waals surface area contributed by atoms with Crippen molar-refractivity contribution in [2.75, 3.05) is 19.7 Å². The van der Waals surface area contributed by atoms with Gasteiger partial charge in [-0.3, -0.25) is 14.9 Å². The van der Waals surface area contributed by atoms with Gasteiger partial charge in [0.05, 0.1) is 6.07 Å². The van der Waals surface area contributed by atoms with Gasteiger partial charge in [0.15, 0.2) is 6.61 Å². The second-order valence-electron chi connectivity index (χ2n) is 5.46. The van der Waals surface area contributed by atoms with Gasteiger partial charge in [-0.2, -0.15) is 0 Å². The molecule has 0 unspecified atom stereocenters. The number of piperidine rings is 1. The van der Waals surface area contributed by atoms with E-state index in [2.05, 4.69) is 6.92 Å². The molecule has 0 N–H and O–H groups in total. The predicted octanol–water partition coefficient (Wildman–Crippen LogP) is 2.00. The van der Waals surface area contributed by atoms with E-state index in [1.54, 1.807) is 4.90 Å². The maximum absolute atomic E-state index is 11.9. The minimum absolute atomic E-state index is 0.157. The quantitative estimate of drug-likeness (QED) is 0.355. The van der Waals surface area contributed by atoms with Crippen LogP contribution < -0.4 is 0 Å². The van der Waals surface area contributed by atoms with Crippen LogP contribution in [0.25, 0.3) is 6.08 Å². The summed E-state index contributed by atoms with van der Waals surface area (Å²) in [7, 11) is 0. The highest BCUT2D eigenvalue weighted by atomic mass is 16.6. The normalized spacial score (nSPS) is 18.1. The van der Waals surface area contributed by atoms with Gasteiger partial charge in [0.1, 0.15) is 10.7 Å². The molecule has 8 heteroatoms. The molecule has 2 rings (SSSR count). The van der Waals surface area contributed by atoms with E-state index >= 15 is 0 Å². The Morgan fingerprint density at radius 1 is 1.52 bits per heavy atom. The first kappa shape index (κ1) is 16.7. The molecule has 0 saturated carbocycles. The third kappa shape index (κ3) is 4.94. The molecule has 1 aromatic rings. The maximum Gasteiger partial charge on any atom is 0.433 e. The van der Waals surface area contributed by atoms with Gasteiger partial charge in [-0.25, -0.2) is 4.79 Å². The zero-order chi connectivity index (χ0) is 16.8. The Labute approximate surface area is 132 Å². The Morgan fingerprint density at radius 2 is 2.30 bits per heavy atom. The Morgan fingerprint density at radius 3 is 2.96 bits per heavy atom. The van der Waals surface area contributed by atoms with Gasteiger partial charge < -0.3 is 14.1 Å². The average Bonchev–Trinajstić information content (AvgIpc) is 3.00. The van der Waals surface area contributed by atoms with E-state index < -0.39 is 16.8 Å². The lowest BCUT2D eigenvalue weighted by Crippen LogP contribution is -2.41. The summed E-state index contributed by atoms with van der Waals surface area (Å²) in [6.45, 7) is 3.14. The topological polar surface area (TPSA) is 103 Å². The minimum atomic E-state index is -0.706. The number of carbonyl (C=O) groups is 2. The summed E-state index contributed by atoms with van der Waals surface area (Å²) in [4.78, 5) is 35.0. The third-order valence-corrected chi connectivity index (χ3v) is 3.52. The number of likely N-dealkylation sites (tertiary alicyclic amines) is 1. The van der Waals surface area contributed by atoms with E-state index in [1.165, 1.54) is 18.2 Å². The standard InChI is InChI=1S/C15H18N2O6/c1-11-3-2-8-16(9-11)13(18)10-22-15(19)7-5-12-4-6-14(23-12)17(20)21/h4-7,11H,2-3,8-10H2,1H3/b7-5+/t11-/m1/s1. The van der Waals surface area contributed by atoms with Crippen LogP contribution >= 0.6 is 0 Å². The van der Waals surface area contributed by atoms with Crippen molar-refractivity contribution in [3.05, 3.63) is 34.1 Å². The van der Waals surface area contributed by atoms with Gasteiger partial charge in [-0.1, -0.05) is 6.92 Å². The number of hydrogen-bond donors (Lipinski definition) is 0. The molecule has 0 aliphatic carbocycles. The van der Waals surface area contributed by atoms with Gasteiger partial charge in [-0.05, 0) is 30.9 Å². The SMILES string of the molecule is C[C@@H]1CCCN(C(=O)COC(=O)/C=C/c2ccc([N+](=O)[O-])o2)C1. The Balaban J connectivity index is 1.78. The first-order chi connectivity index (χ1) is 11.0. The molecule has 0 radical (unpaired) electrons. The molecule has 1 aliphatic heterocycles. The summed E-state index contributed by atoms with van der Waals surface area (Å²) in [5, 5.41) is 10.5. The average molecular weight is 322 g/mol. The molecule has 124 valence electrons. The number of esters is 1. The van der Waals surface area contributed by atoms with Crippen LogP contribution in [0.3, 0.4) is 0 Å². The van der Waals surface area contributed by atoms with Gasteiger partial charge in [-0.15, -0.1) is 0 Å². The van der Waals surface area contributed by atoms with E-state index in [9.17, 15) is 19.7 Å². The summed E-state index contributed by atoms with van der Waals surface area (Å²) in [5.41, 5.74) is 0. The maximum atomic E-state index is 11.9. The number of nitrogens with zero attached hydrogens (tertiary/aromatic N) is 2. The molecule has 0 bridgehead atoms. The number of ether oxygens (including phenoxy) is 1. The number of carbonyl (C=O) groups excluding carboxylic acids is 2. The molecule has 1 atom stereocenters. The second-order valence-corrected chi connectivity index (χ2v) is 5.46. The number of amides is 1. The number of nitro groups is 1. The monoisotopic (exact) mass is 322 g/mol. The number of rotatable bonds is 5. The van der Waals surface area contributed by atoms with Crippen LogP contribution in [-0.2, 0) is 14.3 Å². The van der Waals surface area contributed by atoms with E-state index in [-0.39, 0.29) is 18.3 Å². The lowest BCUT2D eigenvalue weighted by molar-refractivity contribution is -0.402. The Kier molecular flexibility index (Phi) is 5.51. The van der Waals surface area contributed by atoms with Crippen LogP contribution in [0.4, 0.5) is 5.88 Å². The van der Waals surface area contributed by atoms with Gasteiger partial charge in [0, 0.05) is 19.2 Å². The van der Waals surface area contributed by atoms with Crippen molar-refractivity contribution in [1.29, 1.82) is 0 Å². The van der Waals surface area contributed by atoms with Crippen molar-refractivity contribution in [1.82, 2.24) is 4.90 Å². The van der Waals surface area contributed by atoms with Crippen LogP contribution in [0.5, 0.6) is 0 Å². The highest BCUT2D eigenvalue weighted by molar-refractivity contribution is 5.89. The first-order valence-corrected chi connectivity index (χ1v) is 7.32. The molecule has 1 amide bonds. The zero-order valence-electron chi connectivity index (χ0n) is 12.8. The van der Waals surface area contributed by atoms with Crippen molar-refractivity contribution in [3.63, 3.8) is 0 Å². The van der Waals surface area contributed by atoms with Crippen molar-refractivity contribution in [3.8, 4) is 0 Å². The fourth-order valence-electron chi connectivity index (χ4n) is 2.37. The number of hydrogen-bond acceptors (Lipinski definition) is 6. The van der Waals surface area contributed by atoms with E-state index in [4.69, 9.17) is 9.15 Å². The molecular weight excluding hydrogens is 304 g/mol. The van der Waals surface area contributed by atoms with E-state index in [0.29, 0.717) is 19.0 Å². The summed E-state index contributed by atoms with van der Waals surface area (Å²) in [6.07, 6.45) is 4.37.